The number of nitrogens with zero attached hydrogens (tertiary/aromatic N) is 2. The number of fused-ring (bicyclic) bond motifs is 1. The predicted octanol–water partition coefficient (Wildman–Crippen LogP) is 1.68. The van der Waals surface area contributed by atoms with Gasteiger partial charge in [0.1, 0.15) is 9.84 Å². The number of nitrogens with two attached hydrogens (primary N) is 1. The lowest BCUT2D eigenvalue weighted by Gasteiger charge is -2.24. The molecule has 1 aliphatic rings. The summed E-state index contributed by atoms with van der Waals surface area (Å²) >= 11 is 0. The smallest absolute Gasteiger partial charge is 0.201 e. The second-order valence-electron chi connectivity index (χ2n) is 5.22. The Labute approximate surface area is 112 Å². The molecule has 0 amide bonds. The van der Waals surface area contributed by atoms with Gasteiger partial charge in [0, 0.05) is 6.04 Å². The molecule has 3 rings (SSSR count). The zero-order valence-electron chi connectivity index (χ0n) is 10.8. The Balaban J connectivity index is 2.05. The number of hydrogen-bond donors (Lipinski definition) is 1. The Kier molecular flexibility index (Phi) is 2.78. The van der Waals surface area contributed by atoms with E-state index in [0.717, 1.165) is 16.6 Å². The van der Waals surface area contributed by atoms with Crippen LogP contribution in [0.25, 0.3) is 11.0 Å². The van der Waals surface area contributed by atoms with Crippen molar-refractivity contribution in [2.75, 3.05) is 17.2 Å². The summed E-state index contributed by atoms with van der Waals surface area (Å²) in [6, 6.07) is 6.15. The van der Waals surface area contributed by atoms with Crippen LogP contribution < -0.4 is 5.73 Å². The molecule has 2 heterocycles. The van der Waals surface area contributed by atoms with Crippen LogP contribution in [0.2, 0.25) is 0 Å². The molecule has 0 bridgehead atoms. The van der Waals surface area contributed by atoms with E-state index in [0.29, 0.717) is 18.8 Å². The maximum Gasteiger partial charge on any atom is 0.201 e. The molecule has 1 aliphatic heterocycles. The molecule has 2 aromatic rings. The van der Waals surface area contributed by atoms with Gasteiger partial charge in [0.05, 0.1) is 22.5 Å². The largest absolute Gasteiger partial charge is 0.369 e. The van der Waals surface area contributed by atoms with Gasteiger partial charge in [-0.25, -0.2) is 13.4 Å². The molecule has 6 heteroatoms. The second-order valence-corrected chi connectivity index (χ2v) is 7.52. The predicted molar refractivity (Wildman–Crippen MR) is 75.8 cm³/mol. The van der Waals surface area contributed by atoms with E-state index in [1.54, 1.807) is 0 Å². The maximum atomic E-state index is 11.5. The Bertz CT molecular complexity index is 720. The third-order valence-corrected chi connectivity index (χ3v) is 5.48. The number of anilines is 1. The van der Waals surface area contributed by atoms with Crippen molar-refractivity contribution < 1.29 is 8.42 Å². The van der Waals surface area contributed by atoms with Crippen LogP contribution in [-0.4, -0.2) is 29.5 Å². The first kappa shape index (κ1) is 12.5. The highest BCUT2D eigenvalue weighted by molar-refractivity contribution is 7.91. The van der Waals surface area contributed by atoms with E-state index in [1.807, 2.05) is 23.6 Å². The van der Waals surface area contributed by atoms with E-state index in [1.165, 1.54) is 0 Å². The fraction of sp³-hybridized carbons (Fsp3) is 0.462. The first-order valence-electron chi connectivity index (χ1n) is 6.41. The molecule has 0 atom stereocenters. The molecule has 102 valence electrons. The second kappa shape index (κ2) is 4.23. The molecule has 1 aromatic carbocycles. The molecule has 0 unspecified atom stereocenters. The monoisotopic (exact) mass is 279 g/mol. The summed E-state index contributed by atoms with van der Waals surface area (Å²) in [6.07, 6.45) is 1.23. The summed E-state index contributed by atoms with van der Waals surface area (Å²) in [5, 5.41) is 0. The number of aromatic nitrogens is 2. The van der Waals surface area contributed by atoms with Crippen LogP contribution in [0, 0.1) is 6.92 Å². The number of imidazole rings is 1. The number of rotatable bonds is 1. The first-order valence-corrected chi connectivity index (χ1v) is 8.23. The van der Waals surface area contributed by atoms with Crippen LogP contribution in [0.15, 0.2) is 18.2 Å². The van der Waals surface area contributed by atoms with Crippen molar-refractivity contribution >= 4 is 26.8 Å². The lowest BCUT2D eigenvalue weighted by molar-refractivity contribution is 0.463. The van der Waals surface area contributed by atoms with Crippen LogP contribution >= 0.6 is 0 Å². The molecule has 1 saturated heterocycles. The Morgan fingerprint density at radius 3 is 2.68 bits per heavy atom. The van der Waals surface area contributed by atoms with Gasteiger partial charge in [-0.3, -0.25) is 0 Å². The van der Waals surface area contributed by atoms with Crippen molar-refractivity contribution in [3.8, 4) is 0 Å². The minimum absolute atomic E-state index is 0.135. The fourth-order valence-electron chi connectivity index (χ4n) is 2.74. The van der Waals surface area contributed by atoms with Gasteiger partial charge in [0.25, 0.3) is 0 Å². The van der Waals surface area contributed by atoms with Gasteiger partial charge in [-0.05, 0) is 37.5 Å². The quantitative estimate of drug-likeness (QED) is 0.861. The average Bonchev–Trinajstić information content (AvgIpc) is 2.65. The van der Waals surface area contributed by atoms with E-state index < -0.39 is 9.84 Å². The summed E-state index contributed by atoms with van der Waals surface area (Å²) in [7, 11) is -2.86. The van der Waals surface area contributed by atoms with E-state index in [2.05, 4.69) is 11.1 Å². The molecule has 5 nitrogen and oxygen atoms in total. The van der Waals surface area contributed by atoms with E-state index in [-0.39, 0.29) is 17.5 Å². The van der Waals surface area contributed by atoms with Gasteiger partial charge in [-0.1, -0.05) is 6.07 Å². The van der Waals surface area contributed by atoms with E-state index in [4.69, 9.17) is 5.73 Å². The molecule has 0 spiro atoms. The zero-order chi connectivity index (χ0) is 13.6. The summed E-state index contributed by atoms with van der Waals surface area (Å²) < 4.78 is 25.0. The number of benzene rings is 1. The minimum Gasteiger partial charge on any atom is -0.369 e. The van der Waals surface area contributed by atoms with Gasteiger partial charge in [0.15, 0.2) is 0 Å². The van der Waals surface area contributed by atoms with E-state index >= 15 is 0 Å². The summed E-state index contributed by atoms with van der Waals surface area (Å²) in [5.41, 5.74) is 9.03. The molecule has 1 aromatic heterocycles. The molecule has 0 aliphatic carbocycles. The summed E-state index contributed by atoms with van der Waals surface area (Å²) in [5.74, 6) is 0.954. The van der Waals surface area contributed by atoms with Crippen molar-refractivity contribution in [2.24, 2.45) is 0 Å². The van der Waals surface area contributed by atoms with Gasteiger partial charge in [-0.2, -0.15) is 0 Å². The molecule has 0 saturated carbocycles. The van der Waals surface area contributed by atoms with Crippen molar-refractivity contribution in [1.29, 1.82) is 0 Å². The maximum absolute atomic E-state index is 11.5. The molecule has 2 N–H and O–H groups in total. The lowest BCUT2D eigenvalue weighted by Crippen LogP contribution is -2.26. The Hall–Kier alpha value is -1.56. The van der Waals surface area contributed by atoms with Crippen molar-refractivity contribution in [3.05, 3.63) is 23.8 Å². The third-order valence-electron chi connectivity index (χ3n) is 3.76. The summed E-state index contributed by atoms with van der Waals surface area (Å²) in [4.78, 5) is 4.36. The third kappa shape index (κ3) is 2.20. The van der Waals surface area contributed by atoms with Crippen LogP contribution in [0.1, 0.15) is 24.4 Å². The van der Waals surface area contributed by atoms with Gasteiger partial charge in [0.2, 0.25) is 5.95 Å². The molecular formula is C13H17N3O2S. The van der Waals surface area contributed by atoms with Crippen LogP contribution in [0.3, 0.4) is 0 Å². The zero-order valence-corrected chi connectivity index (χ0v) is 11.7. The fourth-order valence-corrected chi connectivity index (χ4v) is 4.21. The first-order chi connectivity index (χ1) is 8.96. The highest BCUT2D eigenvalue weighted by Gasteiger charge is 2.27. The average molecular weight is 279 g/mol. The SMILES string of the molecule is Cc1ccc2nc(N)n(C3CCS(=O)(=O)CC3)c2c1. The molecule has 1 fully saturated rings. The minimum atomic E-state index is -2.86. The standard InChI is InChI=1S/C13H17N3O2S/c1-9-2-3-11-12(8-9)16(13(14)15-11)10-4-6-19(17,18)7-5-10/h2-3,8,10H,4-7H2,1H3,(H2,14,15). The number of sulfone groups is 1. The van der Waals surface area contributed by atoms with Crippen LogP contribution in [-0.2, 0) is 9.84 Å². The Morgan fingerprint density at radius 2 is 2.00 bits per heavy atom. The van der Waals surface area contributed by atoms with Crippen molar-refractivity contribution in [2.45, 2.75) is 25.8 Å². The summed E-state index contributed by atoms with van der Waals surface area (Å²) in [6.45, 7) is 2.03. The van der Waals surface area contributed by atoms with Crippen LogP contribution in [0.4, 0.5) is 5.95 Å². The number of nitrogen functional groups attached to an aromatic ring is 1. The van der Waals surface area contributed by atoms with Gasteiger partial charge < -0.3 is 10.3 Å². The van der Waals surface area contributed by atoms with Crippen LogP contribution in [0.5, 0.6) is 0 Å². The van der Waals surface area contributed by atoms with Crippen molar-refractivity contribution in [3.63, 3.8) is 0 Å². The lowest BCUT2D eigenvalue weighted by atomic mass is 10.1. The number of aryl methyl sites for hydroxylation is 1. The van der Waals surface area contributed by atoms with Gasteiger partial charge >= 0.3 is 0 Å². The molecule has 19 heavy (non-hydrogen) atoms. The Morgan fingerprint density at radius 1 is 1.32 bits per heavy atom. The highest BCUT2D eigenvalue weighted by atomic mass is 32.2. The highest BCUT2D eigenvalue weighted by Crippen LogP contribution is 2.30. The number of hydrogen-bond acceptors (Lipinski definition) is 4. The topological polar surface area (TPSA) is 78.0 Å². The van der Waals surface area contributed by atoms with Gasteiger partial charge in [-0.15, -0.1) is 0 Å². The normalized spacial score (nSPS) is 19.8. The molecular weight excluding hydrogens is 262 g/mol. The molecule has 0 radical (unpaired) electrons. The van der Waals surface area contributed by atoms with Crippen molar-refractivity contribution in [1.82, 2.24) is 9.55 Å². The van der Waals surface area contributed by atoms with E-state index in [9.17, 15) is 8.42 Å².